The molecular weight excluding hydrogens is 278 g/mol. The fraction of sp³-hybridized carbons (Fsp3) is 0.389. The van der Waals surface area contributed by atoms with E-state index in [1.165, 1.54) is 4.90 Å². The van der Waals surface area contributed by atoms with Gasteiger partial charge in [0.05, 0.1) is 12.1 Å². The van der Waals surface area contributed by atoms with Crippen molar-refractivity contribution in [3.8, 4) is 0 Å². The smallest absolute Gasteiger partial charge is 0.410 e. The van der Waals surface area contributed by atoms with Gasteiger partial charge in [-0.2, -0.15) is 0 Å². The maximum atomic E-state index is 12.4. The van der Waals surface area contributed by atoms with Crippen molar-refractivity contribution in [3.63, 3.8) is 0 Å². The Balaban J connectivity index is 2.76. The third kappa shape index (κ3) is 5.37. The second-order valence-corrected chi connectivity index (χ2v) is 5.05. The number of nitrogens with zero attached hydrogens (tertiary/aromatic N) is 1. The number of ether oxygens (including phenoxy) is 1. The maximum absolute atomic E-state index is 12.4. The highest BCUT2D eigenvalue weighted by Gasteiger charge is 2.28. The summed E-state index contributed by atoms with van der Waals surface area (Å²) in [6.45, 7) is 9.77. The van der Waals surface area contributed by atoms with Crippen LogP contribution in [0.2, 0.25) is 0 Å². The van der Waals surface area contributed by atoms with Gasteiger partial charge in [0.2, 0.25) is 0 Å². The largest absolute Gasteiger partial charge is 0.445 e. The van der Waals surface area contributed by atoms with E-state index in [2.05, 4.69) is 13.2 Å². The molecule has 1 amide bonds. The minimum absolute atomic E-state index is 0.205. The lowest BCUT2D eigenvalue weighted by Gasteiger charge is -2.32. The molecule has 0 heterocycles. The van der Waals surface area contributed by atoms with E-state index in [0.717, 1.165) is 5.56 Å². The average Bonchev–Trinajstić information content (AvgIpc) is 2.56. The molecule has 0 unspecified atom stereocenters. The third-order valence-electron chi connectivity index (χ3n) is 3.44. The number of carbonyl (C=O) groups is 1. The Kier molecular flexibility index (Phi) is 8.00. The van der Waals surface area contributed by atoms with Crippen LogP contribution in [-0.2, 0) is 11.3 Å². The van der Waals surface area contributed by atoms with E-state index >= 15 is 0 Å². The van der Waals surface area contributed by atoms with Crippen LogP contribution in [0, 0.1) is 0 Å². The average molecular weight is 303 g/mol. The van der Waals surface area contributed by atoms with Crippen LogP contribution in [0.5, 0.6) is 0 Å². The fourth-order valence-electron chi connectivity index (χ4n) is 2.22. The summed E-state index contributed by atoms with van der Waals surface area (Å²) < 4.78 is 5.36. The van der Waals surface area contributed by atoms with E-state index in [1.807, 2.05) is 37.3 Å². The summed E-state index contributed by atoms with van der Waals surface area (Å²) in [5.41, 5.74) is 0.922. The molecule has 1 aromatic rings. The normalized spacial score (nSPS) is 13.0. The Bertz CT molecular complexity index is 472. The zero-order chi connectivity index (χ0) is 16.4. The highest BCUT2D eigenvalue weighted by Crippen LogP contribution is 2.15. The summed E-state index contributed by atoms with van der Waals surface area (Å²) in [7, 11) is 0. The lowest BCUT2D eigenvalue weighted by Crippen LogP contribution is -2.47. The highest BCUT2D eigenvalue weighted by atomic mass is 16.6. The summed E-state index contributed by atoms with van der Waals surface area (Å²) in [4.78, 5) is 13.9. The van der Waals surface area contributed by atoms with E-state index in [-0.39, 0.29) is 12.6 Å². The standard InChI is InChI=1S/C18H25NO3/c1-4-10-16(17(20)6-3)19(13-5-2)18(21)22-14-15-11-8-7-9-12-15/h4-5,7-9,11-12,16-17,20H,1-2,6,10,13-14H2,3H3/t16-,17+/m0/s1. The van der Waals surface area contributed by atoms with Crippen molar-refractivity contribution >= 4 is 6.09 Å². The quantitative estimate of drug-likeness (QED) is 0.710. The van der Waals surface area contributed by atoms with Crippen LogP contribution < -0.4 is 0 Å². The van der Waals surface area contributed by atoms with Gasteiger partial charge in [-0.05, 0) is 18.4 Å². The number of aliphatic hydroxyl groups is 1. The van der Waals surface area contributed by atoms with Gasteiger partial charge in [-0.25, -0.2) is 4.79 Å². The number of amides is 1. The number of carbonyl (C=O) groups excluding carboxylic acids is 1. The van der Waals surface area contributed by atoms with Crippen molar-refractivity contribution < 1.29 is 14.6 Å². The molecule has 0 aliphatic heterocycles. The van der Waals surface area contributed by atoms with Crippen molar-refractivity contribution in [3.05, 3.63) is 61.2 Å². The molecule has 0 aliphatic rings. The van der Waals surface area contributed by atoms with Gasteiger partial charge in [-0.1, -0.05) is 49.4 Å². The summed E-state index contributed by atoms with van der Waals surface area (Å²) in [5, 5.41) is 10.1. The van der Waals surface area contributed by atoms with Crippen LogP contribution in [-0.4, -0.2) is 34.8 Å². The molecule has 0 radical (unpaired) electrons. The zero-order valence-corrected chi connectivity index (χ0v) is 13.1. The van der Waals surface area contributed by atoms with Crippen molar-refractivity contribution in [2.45, 2.75) is 38.5 Å². The topological polar surface area (TPSA) is 49.8 Å². The zero-order valence-electron chi connectivity index (χ0n) is 13.1. The molecule has 22 heavy (non-hydrogen) atoms. The van der Waals surface area contributed by atoms with Gasteiger partial charge in [0.1, 0.15) is 6.61 Å². The summed E-state index contributed by atoms with van der Waals surface area (Å²) in [5.74, 6) is 0. The van der Waals surface area contributed by atoms with Gasteiger partial charge in [0.25, 0.3) is 0 Å². The molecule has 2 atom stereocenters. The van der Waals surface area contributed by atoms with Crippen molar-refractivity contribution in [1.29, 1.82) is 0 Å². The fourth-order valence-corrected chi connectivity index (χ4v) is 2.22. The van der Waals surface area contributed by atoms with E-state index in [4.69, 9.17) is 4.74 Å². The molecule has 0 spiro atoms. The maximum Gasteiger partial charge on any atom is 0.410 e. The van der Waals surface area contributed by atoms with Crippen LogP contribution >= 0.6 is 0 Å². The van der Waals surface area contributed by atoms with Gasteiger partial charge >= 0.3 is 6.09 Å². The number of hydrogen-bond acceptors (Lipinski definition) is 3. The second-order valence-electron chi connectivity index (χ2n) is 5.05. The van der Waals surface area contributed by atoms with Crippen LogP contribution in [0.3, 0.4) is 0 Å². The van der Waals surface area contributed by atoms with Gasteiger partial charge in [-0.3, -0.25) is 4.90 Å². The summed E-state index contributed by atoms with van der Waals surface area (Å²) >= 11 is 0. The first-order chi connectivity index (χ1) is 10.6. The molecule has 4 heteroatoms. The molecule has 0 aromatic heterocycles. The molecule has 0 fully saturated rings. The van der Waals surface area contributed by atoms with E-state index < -0.39 is 12.2 Å². The third-order valence-corrected chi connectivity index (χ3v) is 3.44. The first-order valence-corrected chi connectivity index (χ1v) is 7.51. The van der Waals surface area contributed by atoms with Crippen molar-refractivity contribution in [1.82, 2.24) is 4.90 Å². The predicted molar refractivity (Wildman–Crippen MR) is 88.4 cm³/mol. The lowest BCUT2D eigenvalue weighted by atomic mass is 10.0. The molecule has 0 saturated carbocycles. The van der Waals surface area contributed by atoms with E-state index in [0.29, 0.717) is 19.4 Å². The Morgan fingerprint density at radius 3 is 2.55 bits per heavy atom. The van der Waals surface area contributed by atoms with E-state index in [1.54, 1.807) is 12.2 Å². The first-order valence-electron chi connectivity index (χ1n) is 7.51. The number of rotatable bonds is 9. The molecule has 1 rings (SSSR count). The Morgan fingerprint density at radius 2 is 2.00 bits per heavy atom. The monoisotopic (exact) mass is 303 g/mol. The Labute approximate surface area is 132 Å². The molecule has 1 N–H and O–H groups in total. The van der Waals surface area contributed by atoms with Crippen LogP contribution in [0.1, 0.15) is 25.3 Å². The molecule has 1 aromatic carbocycles. The number of hydrogen-bond donors (Lipinski definition) is 1. The second kappa shape index (κ2) is 9.79. The highest BCUT2D eigenvalue weighted by molar-refractivity contribution is 5.68. The van der Waals surface area contributed by atoms with Gasteiger partial charge < -0.3 is 9.84 Å². The van der Waals surface area contributed by atoms with E-state index in [9.17, 15) is 9.90 Å². The van der Waals surface area contributed by atoms with Crippen LogP contribution in [0.4, 0.5) is 4.79 Å². The Hall–Kier alpha value is -2.07. The van der Waals surface area contributed by atoms with Crippen molar-refractivity contribution in [2.75, 3.05) is 6.54 Å². The molecular formula is C18H25NO3. The number of benzene rings is 1. The molecule has 0 bridgehead atoms. The predicted octanol–water partition coefficient (Wildman–Crippen LogP) is 3.53. The van der Waals surface area contributed by atoms with Crippen LogP contribution in [0.15, 0.2) is 55.6 Å². The van der Waals surface area contributed by atoms with Gasteiger partial charge in [-0.15, -0.1) is 13.2 Å². The molecule has 120 valence electrons. The van der Waals surface area contributed by atoms with Gasteiger partial charge in [0.15, 0.2) is 0 Å². The minimum atomic E-state index is -0.623. The number of aliphatic hydroxyl groups excluding tert-OH is 1. The molecule has 0 saturated heterocycles. The lowest BCUT2D eigenvalue weighted by molar-refractivity contribution is 0.0349. The molecule has 4 nitrogen and oxygen atoms in total. The van der Waals surface area contributed by atoms with Crippen LogP contribution in [0.25, 0.3) is 0 Å². The first kappa shape index (κ1) is 18.0. The summed E-state index contributed by atoms with van der Waals surface area (Å²) in [6, 6.07) is 9.13. The summed E-state index contributed by atoms with van der Waals surface area (Å²) in [6.07, 6.45) is 3.30. The molecule has 0 aliphatic carbocycles. The SMILES string of the molecule is C=CC[C@@H]([C@H](O)CC)N(CC=C)C(=O)OCc1ccccc1. The Morgan fingerprint density at radius 1 is 1.32 bits per heavy atom. The van der Waals surface area contributed by atoms with Crippen molar-refractivity contribution in [2.24, 2.45) is 0 Å². The minimum Gasteiger partial charge on any atom is -0.445 e. The van der Waals surface area contributed by atoms with Gasteiger partial charge in [0, 0.05) is 6.54 Å².